The fourth-order valence-corrected chi connectivity index (χ4v) is 4.94. The number of hydrogen-bond donors (Lipinski definition) is 5. The summed E-state index contributed by atoms with van der Waals surface area (Å²) >= 11 is 0. The van der Waals surface area contributed by atoms with Crippen LogP contribution in [0.4, 0.5) is 15.3 Å². The highest BCUT2D eigenvalue weighted by atomic mass is 16.5. The van der Waals surface area contributed by atoms with Crippen LogP contribution in [0.2, 0.25) is 0 Å². The first-order chi connectivity index (χ1) is 19.3. The third-order valence-electron chi connectivity index (χ3n) is 6.86. The molecule has 5 N–H and O–H groups in total. The van der Waals surface area contributed by atoms with Crippen molar-refractivity contribution in [1.82, 2.24) is 16.0 Å². The SMILES string of the molecule is O=C1C[C@@H](C(=O)Nc2ccc(C[C@H](NC(=O)OCC3c4ccccc4-c4ccccc43)C(=O)O)cc2)NC(=O)N1. The third-order valence-corrected chi connectivity index (χ3v) is 6.86. The number of ether oxygens (including phenoxy) is 1. The topological polar surface area (TPSA) is 163 Å². The Balaban J connectivity index is 1.16. The fraction of sp³-hybridized carbons (Fsp3) is 0.207. The van der Waals surface area contributed by atoms with Crippen molar-refractivity contribution in [2.45, 2.75) is 30.8 Å². The summed E-state index contributed by atoms with van der Waals surface area (Å²) in [7, 11) is 0. The second-order valence-corrected chi connectivity index (χ2v) is 9.53. The fourth-order valence-electron chi connectivity index (χ4n) is 4.94. The highest BCUT2D eigenvalue weighted by Gasteiger charge is 2.31. The Morgan fingerprint density at radius 2 is 1.55 bits per heavy atom. The molecule has 3 aromatic rings. The number of aliphatic carboxylic acids is 1. The lowest BCUT2D eigenvalue weighted by Crippen LogP contribution is -2.56. The molecule has 204 valence electrons. The first-order valence-corrected chi connectivity index (χ1v) is 12.6. The molecule has 11 heteroatoms. The molecular weight excluding hydrogens is 516 g/mol. The number of benzene rings is 3. The number of carbonyl (C=O) groups is 5. The van der Waals surface area contributed by atoms with Crippen LogP contribution in [0.25, 0.3) is 11.1 Å². The van der Waals surface area contributed by atoms with Crippen LogP contribution in [0.1, 0.15) is 29.0 Å². The van der Waals surface area contributed by atoms with Crippen molar-refractivity contribution >= 4 is 35.6 Å². The molecule has 0 aromatic heterocycles. The number of imide groups is 1. The zero-order valence-corrected chi connectivity index (χ0v) is 21.2. The molecule has 0 spiro atoms. The van der Waals surface area contributed by atoms with Gasteiger partial charge in [-0.3, -0.25) is 14.9 Å². The normalized spacial score (nSPS) is 16.6. The van der Waals surface area contributed by atoms with Gasteiger partial charge in [-0.1, -0.05) is 60.7 Å². The van der Waals surface area contributed by atoms with E-state index < -0.39 is 42.0 Å². The molecule has 0 bridgehead atoms. The summed E-state index contributed by atoms with van der Waals surface area (Å²) in [5, 5.41) is 19.1. The number of carboxylic acid groups (broad SMARTS) is 1. The highest BCUT2D eigenvalue weighted by molar-refractivity contribution is 6.05. The van der Waals surface area contributed by atoms with Crippen molar-refractivity contribution in [1.29, 1.82) is 0 Å². The summed E-state index contributed by atoms with van der Waals surface area (Å²) in [5.41, 5.74) is 5.26. The van der Waals surface area contributed by atoms with Crippen molar-refractivity contribution in [3.05, 3.63) is 89.5 Å². The smallest absolute Gasteiger partial charge is 0.407 e. The number of hydrogen-bond acceptors (Lipinski definition) is 6. The quantitative estimate of drug-likeness (QED) is 0.292. The molecule has 5 rings (SSSR count). The van der Waals surface area contributed by atoms with Gasteiger partial charge in [0.1, 0.15) is 18.7 Å². The summed E-state index contributed by atoms with van der Waals surface area (Å²) in [5.74, 6) is -2.49. The lowest BCUT2D eigenvalue weighted by molar-refractivity contribution is -0.139. The third kappa shape index (κ3) is 5.78. The van der Waals surface area contributed by atoms with Crippen molar-refractivity contribution < 1.29 is 33.8 Å². The van der Waals surface area contributed by atoms with Gasteiger partial charge in [0.05, 0.1) is 6.42 Å². The molecule has 11 nitrogen and oxygen atoms in total. The van der Waals surface area contributed by atoms with E-state index in [4.69, 9.17) is 4.74 Å². The molecule has 3 aromatic carbocycles. The first kappa shape index (κ1) is 26.4. The summed E-state index contributed by atoms with van der Waals surface area (Å²) in [6.07, 6.45) is -1.04. The van der Waals surface area contributed by atoms with E-state index in [2.05, 4.69) is 21.3 Å². The Morgan fingerprint density at radius 1 is 0.925 bits per heavy atom. The Hall–Kier alpha value is -5.19. The van der Waals surface area contributed by atoms with E-state index in [1.165, 1.54) is 0 Å². The molecule has 1 aliphatic carbocycles. The Morgan fingerprint density at radius 3 is 2.15 bits per heavy atom. The van der Waals surface area contributed by atoms with Crippen LogP contribution in [0.5, 0.6) is 0 Å². The lowest BCUT2D eigenvalue weighted by atomic mass is 9.98. The van der Waals surface area contributed by atoms with Crippen LogP contribution in [0.3, 0.4) is 0 Å². The van der Waals surface area contributed by atoms with Crippen LogP contribution in [-0.4, -0.2) is 53.7 Å². The molecule has 5 amide bonds. The van der Waals surface area contributed by atoms with Gasteiger partial charge in [-0.05, 0) is 39.9 Å². The Labute approximate surface area is 228 Å². The average Bonchev–Trinajstić information content (AvgIpc) is 3.25. The van der Waals surface area contributed by atoms with E-state index in [1.54, 1.807) is 24.3 Å². The van der Waals surface area contributed by atoms with Crippen LogP contribution in [0.15, 0.2) is 72.8 Å². The maximum Gasteiger partial charge on any atom is 0.407 e. The highest BCUT2D eigenvalue weighted by Crippen LogP contribution is 2.44. The molecule has 2 aliphatic rings. The van der Waals surface area contributed by atoms with Crippen molar-refractivity contribution in [2.75, 3.05) is 11.9 Å². The van der Waals surface area contributed by atoms with Gasteiger partial charge < -0.3 is 25.8 Å². The molecule has 40 heavy (non-hydrogen) atoms. The molecule has 2 atom stereocenters. The lowest BCUT2D eigenvalue weighted by Gasteiger charge is -2.22. The van der Waals surface area contributed by atoms with Crippen LogP contribution in [-0.2, 0) is 25.5 Å². The minimum Gasteiger partial charge on any atom is -0.480 e. The van der Waals surface area contributed by atoms with Gasteiger partial charge in [0, 0.05) is 18.0 Å². The van der Waals surface area contributed by atoms with E-state index >= 15 is 0 Å². The maximum atomic E-state index is 12.6. The molecule has 0 saturated carbocycles. The number of alkyl carbamates (subject to hydrolysis) is 1. The van der Waals surface area contributed by atoms with E-state index in [0.717, 1.165) is 22.3 Å². The summed E-state index contributed by atoms with van der Waals surface area (Å²) in [4.78, 5) is 59.8. The van der Waals surface area contributed by atoms with Gasteiger partial charge in [0.25, 0.3) is 0 Å². The van der Waals surface area contributed by atoms with Gasteiger partial charge in [-0.15, -0.1) is 0 Å². The van der Waals surface area contributed by atoms with Gasteiger partial charge in [0.2, 0.25) is 11.8 Å². The Bertz CT molecular complexity index is 1430. The average molecular weight is 543 g/mol. The predicted molar refractivity (Wildman–Crippen MR) is 143 cm³/mol. The number of anilines is 1. The number of carbonyl (C=O) groups excluding carboxylic acids is 4. The molecule has 0 radical (unpaired) electrons. The van der Waals surface area contributed by atoms with Gasteiger partial charge in [0.15, 0.2) is 0 Å². The molecule has 1 fully saturated rings. The largest absolute Gasteiger partial charge is 0.480 e. The second kappa shape index (κ2) is 11.3. The van der Waals surface area contributed by atoms with Crippen LogP contribution < -0.4 is 21.3 Å². The molecule has 0 unspecified atom stereocenters. The van der Waals surface area contributed by atoms with Gasteiger partial charge in [-0.2, -0.15) is 0 Å². The minimum absolute atomic E-state index is 0.0212. The first-order valence-electron chi connectivity index (χ1n) is 12.6. The summed E-state index contributed by atoms with van der Waals surface area (Å²) < 4.78 is 5.47. The van der Waals surface area contributed by atoms with Gasteiger partial charge in [-0.25, -0.2) is 14.4 Å². The zero-order valence-electron chi connectivity index (χ0n) is 21.2. The maximum absolute atomic E-state index is 12.6. The molecule has 1 heterocycles. The summed E-state index contributed by atoms with van der Waals surface area (Å²) in [6, 6.07) is 19.2. The zero-order chi connectivity index (χ0) is 28.2. The monoisotopic (exact) mass is 542 g/mol. The van der Waals surface area contributed by atoms with Crippen molar-refractivity contribution in [2.24, 2.45) is 0 Å². The van der Waals surface area contributed by atoms with E-state index in [0.29, 0.717) is 11.3 Å². The Kier molecular flexibility index (Phi) is 7.45. The number of rotatable bonds is 8. The number of nitrogens with one attached hydrogen (secondary N) is 4. The minimum atomic E-state index is -1.24. The summed E-state index contributed by atoms with van der Waals surface area (Å²) in [6.45, 7) is 0.0592. The van der Waals surface area contributed by atoms with Crippen molar-refractivity contribution in [3.63, 3.8) is 0 Å². The van der Waals surface area contributed by atoms with E-state index in [-0.39, 0.29) is 25.4 Å². The van der Waals surface area contributed by atoms with Crippen molar-refractivity contribution in [3.8, 4) is 11.1 Å². The van der Waals surface area contributed by atoms with Crippen LogP contribution >= 0.6 is 0 Å². The van der Waals surface area contributed by atoms with E-state index in [9.17, 15) is 29.1 Å². The van der Waals surface area contributed by atoms with E-state index in [1.807, 2.05) is 48.5 Å². The van der Waals surface area contributed by atoms with Crippen LogP contribution in [0, 0.1) is 0 Å². The standard InChI is InChI=1S/C29H26N4O7/c34-25-14-23(31-28(38)33-25)26(35)30-17-11-9-16(10-12-17)13-24(27(36)37)32-29(39)40-15-22-20-7-3-1-5-18(20)19-6-2-4-8-21(19)22/h1-12,22-24H,13-15H2,(H,30,35)(H,32,39)(H,36,37)(H2,31,33,34,38)/t23-,24-/m0/s1. The number of fused-ring (bicyclic) bond motifs is 3. The molecule has 1 aliphatic heterocycles. The second-order valence-electron chi connectivity index (χ2n) is 9.53. The number of carboxylic acids is 1. The molecule has 1 saturated heterocycles. The van der Waals surface area contributed by atoms with Gasteiger partial charge >= 0.3 is 18.1 Å². The molecular formula is C29H26N4O7. The number of urea groups is 1. The predicted octanol–water partition coefficient (Wildman–Crippen LogP) is 2.76. The number of amides is 5.